The predicted octanol–water partition coefficient (Wildman–Crippen LogP) is 4.23. The van der Waals surface area contributed by atoms with Crippen molar-refractivity contribution in [2.75, 3.05) is 26.1 Å². The van der Waals surface area contributed by atoms with E-state index in [-0.39, 0.29) is 12.3 Å². The van der Waals surface area contributed by atoms with Crippen LogP contribution in [0.5, 0.6) is 11.5 Å². The van der Waals surface area contributed by atoms with Gasteiger partial charge in [0.1, 0.15) is 11.5 Å². The normalized spacial score (nSPS) is 10.6. The molecule has 0 bridgehead atoms. The lowest BCUT2D eigenvalue weighted by Gasteiger charge is -2.13. The van der Waals surface area contributed by atoms with Crippen LogP contribution < -0.4 is 14.8 Å². The number of benzene rings is 3. The molecule has 0 aliphatic rings. The molecule has 0 radical (unpaired) electrons. The molecule has 35 heavy (non-hydrogen) atoms. The number of hydrogen-bond acceptors (Lipinski definition) is 6. The van der Waals surface area contributed by atoms with Gasteiger partial charge in [-0.2, -0.15) is 0 Å². The molecule has 4 rings (SSSR count). The predicted molar refractivity (Wildman–Crippen MR) is 132 cm³/mol. The summed E-state index contributed by atoms with van der Waals surface area (Å²) >= 11 is 0. The van der Waals surface area contributed by atoms with Crippen molar-refractivity contribution in [1.82, 2.24) is 4.57 Å². The minimum absolute atomic E-state index is 0.231. The van der Waals surface area contributed by atoms with E-state index in [0.29, 0.717) is 28.1 Å². The SMILES string of the molecule is COC(=O)COc1ccc(OC)c(NC(=O)C(=O)c2c(-c3ccccc3)n(C)c3ccccc23)c1. The summed E-state index contributed by atoms with van der Waals surface area (Å²) in [6.07, 6.45) is 0. The van der Waals surface area contributed by atoms with Crippen LogP contribution in [-0.4, -0.2) is 43.1 Å². The molecule has 0 spiro atoms. The third-order valence-electron chi connectivity index (χ3n) is 5.59. The van der Waals surface area contributed by atoms with E-state index in [4.69, 9.17) is 9.47 Å². The number of methoxy groups -OCH3 is 2. The fourth-order valence-corrected chi connectivity index (χ4v) is 3.93. The number of aromatic nitrogens is 1. The number of nitrogens with zero attached hydrogens (tertiary/aromatic N) is 1. The zero-order valence-corrected chi connectivity index (χ0v) is 19.5. The van der Waals surface area contributed by atoms with E-state index in [0.717, 1.165) is 11.1 Å². The first kappa shape index (κ1) is 23.6. The number of amides is 1. The molecule has 0 atom stereocenters. The second-order valence-electron chi connectivity index (χ2n) is 7.68. The maximum Gasteiger partial charge on any atom is 0.343 e. The van der Waals surface area contributed by atoms with Gasteiger partial charge < -0.3 is 24.1 Å². The van der Waals surface area contributed by atoms with Gasteiger partial charge in [-0.25, -0.2) is 4.79 Å². The second-order valence-corrected chi connectivity index (χ2v) is 7.68. The largest absolute Gasteiger partial charge is 0.495 e. The Balaban J connectivity index is 1.70. The number of esters is 1. The van der Waals surface area contributed by atoms with Crippen LogP contribution in [0.2, 0.25) is 0 Å². The van der Waals surface area contributed by atoms with Gasteiger partial charge in [-0.3, -0.25) is 9.59 Å². The van der Waals surface area contributed by atoms with Gasteiger partial charge in [0.15, 0.2) is 6.61 Å². The standard InChI is InChI=1S/C27H24N2O6/c1-29-21-12-8-7-11-19(21)24(25(29)17-9-5-4-6-10-17)26(31)27(32)28-20-15-18(13-14-22(20)33-2)35-16-23(30)34-3/h4-15H,16H2,1-3H3,(H,28,32). The van der Waals surface area contributed by atoms with Crippen LogP contribution >= 0.6 is 0 Å². The molecule has 4 aromatic rings. The van der Waals surface area contributed by atoms with Crippen molar-refractivity contribution in [3.05, 3.63) is 78.4 Å². The van der Waals surface area contributed by atoms with Crippen LogP contribution in [0.15, 0.2) is 72.8 Å². The average molecular weight is 472 g/mol. The highest BCUT2D eigenvalue weighted by Gasteiger charge is 2.27. The molecule has 8 heteroatoms. The summed E-state index contributed by atoms with van der Waals surface area (Å²) in [5, 5.41) is 3.31. The maximum absolute atomic E-state index is 13.6. The molecule has 0 fully saturated rings. The van der Waals surface area contributed by atoms with Crippen LogP contribution in [0.1, 0.15) is 10.4 Å². The van der Waals surface area contributed by atoms with E-state index in [9.17, 15) is 14.4 Å². The second kappa shape index (κ2) is 10.1. The van der Waals surface area contributed by atoms with Crippen molar-refractivity contribution < 1.29 is 28.6 Å². The molecule has 0 saturated heterocycles. The molecule has 1 heterocycles. The first-order valence-corrected chi connectivity index (χ1v) is 10.8. The molecule has 8 nitrogen and oxygen atoms in total. The summed E-state index contributed by atoms with van der Waals surface area (Å²) in [6.45, 7) is -0.300. The van der Waals surface area contributed by atoms with Gasteiger partial charge in [0, 0.05) is 24.0 Å². The van der Waals surface area contributed by atoms with Crippen LogP contribution in [0.4, 0.5) is 5.69 Å². The van der Waals surface area contributed by atoms with Gasteiger partial charge in [0.25, 0.3) is 11.7 Å². The highest BCUT2D eigenvalue weighted by atomic mass is 16.6. The molecule has 1 amide bonds. The molecule has 0 aliphatic carbocycles. The minimum Gasteiger partial charge on any atom is -0.495 e. The van der Waals surface area contributed by atoms with Crippen LogP contribution in [-0.2, 0) is 21.4 Å². The minimum atomic E-state index is -0.832. The molecule has 3 aromatic carbocycles. The van der Waals surface area contributed by atoms with Gasteiger partial charge in [0.05, 0.1) is 31.2 Å². The number of rotatable bonds is 8. The number of ketones is 1. The van der Waals surface area contributed by atoms with Gasteiger partial charge in [-0.1, -0.05) is 48.5 Å². The van der Waals surface area contributed by atoms with Crippen LogP contribution in [0.25, 0.3) is 22.2 Å². The fraction of sp³-hybridized carbons (Fsp3) is 0.148. The molecule has 1 aromatic heterocycles. The van der Waals surface area contributed by atoms with Gasteiger partial charge in [0.2, 0.25) is 0 Å². The fourth-order valence-electron chi connectivity index (χ4n) is 3.93. The van der Waals surface area contributed by atoms with E-state index in [1.54, 1.807) is 12.1 Å². The number of para-hydroxylation sites is 1. The number of anilines is 1. The Labute approximate surface area is 202 Å². The lowest BCUT2D eigenvalue weighted by Crippen LogP contribution is -2.24. The van der Waals surface area contributed by atoms with Crippen LogP contribution in [0.3, 0.4) is 0 Å². The zero-order valence-electron chi connectivity index (χ0n) is 19.5. The molecule has 0 unspecified atom stereocenters. The third kappa shape index (κ3) is 4.72. The van der Waals surface area contributed by atoms with Gasteiger partial charge in [-0.05, 0) is 23.8 Å². The molecule has 0 saturated carbocycles. The Hall–Kier alpha value is -4.59. The number of ether oxygens (including phenoxy) is 3. The number of carbonyl (C=O) groups is 3. The first-order valence-electron chi connectivity index (χ1n) is 10.8. The number of fused-ring (bicyclic) bond motifs is 1. The van der Waals surface area contributed by atoms with E-state index in [1.807, 2.05) is 66.2 Å². The highest BCUT2D eigenvalue weighted by molar-refractivity contribution is 6.49. The number of hydrogen-bond donors (Lipinski definition) is 1. The van der Waals surface area contributed by atoms with E-state index < -0.39 is 17.7 Å². The third-order valence-corrected chi connectivity index (χ3v) is 5.59. The summed E-state index contributed by atoms with van der Waals surface area (Å²) in [4.78, 5) is 38.1. The van der Waals surface area contributed by atoms with Gasteiger partial charge in [-0.15, -0.1) is 0 Å². The molecule has 178 valence electrons. The topological polar surface area (TPSA) is 95.9 Å². The number of aryl methyl sites for hydroxylation is 1. The van der Waals surface area contributed by atoms with Crippen molar-refractivity contribution in [2.24, 2.45) is 7.05 Å². The van der Waals surface area contributed by atoms with Crippen molar-refractivity contribution in [2.45, 2.75) is 0 Å². The van der Waals surface area contributed by atoms with Crippen LogP contribution in [0, 0.1) is 0 Å². The van der Waals surface area contributed by atoms with Crippen molar-refractivity contribution in [1.29, 1.82) is 0 Å². The lowest BCUT2D eigenvalue weighted by atomic mass is 10.0. The van der Waals surface area contributed by atoms with E-state index in [2.05, 4.69) is 10.1 Å². The number of nitrogens with one attached hydrogen (secondary N) is 1. The Bertz CT molecular complexity index is 1410. The summed E-state index contributed by atoms with van der Waals surface area (Å²) in [6, 6.07) is 21.5. The average Bonchev–Trinajstić information content (AvgIpc) is 3.19. The lowest BCUT2D eigenvalue weighted by molar-refractivity contribution is -0.142. The van der Waals surface area contributed by atoms with Crippen molar-refractivity contribution in [3.8, 4) is 22.8 Å². The zero-order chi connectivity index (χ0) is 24.9. The Kier molecular flexibility index (Phi) is 6.82. The van der Waals surface area contributed by atoms with Crippen molar-refractivity contribution >= 4 is 34.3 Å². The molecule has 1 N–H and O–H groups in total. The smallest absolute Gasteiger partial charge is 0.343 e. The van der Waals surface area contributed by atoms with E-state index >= 15 is 0 Å². The van der Waals surface area contributed by atoms with E-state index in [1.165, 1.54) is 20.3 Å². The van der Waals surface area contributed by atoms with Crippen molar-refractivity contribution in [3.63, 3.8) is 0 Å². The molecular formula is C27H24N2O6. The Morgan fingerprint density at radius 3 is 2.34 bits per heavy atom. The number of carbonyl (C=O) groups excluding carboxylic acids is 3. The summed E-state index contributed by atoms with van der Waals surface area (Å²) < 4.78 is 17.2. The monoisotopic (exact) mass is 472 g/mol. The quantitative estimate of drug-likeness (QED) is 0.234. The summed E-state index contributed by atoms with van der Waals surface area (Å²) in [7, 11) is 4.57. The summed E-state index contributed by atoms with van der Waals surface area (Å²) in [5.41, 5.74) is 2.84. The molecule has 0 aliphatic heterocycles. The first-order chi connectivity index (χ1) is 16.9. The molecular weight excluding hydrogens is 448 g/mol. The Morgan fingerprint density at radius 2 is 1.63 bits per heavy atom. The number of Topliss-reactive ketones (excluding diaryl/α,β-unsaturated/α-hetero) is 1. The highest BCUT2D eigenvalue weighted by Crippen LogP contribution is 2.34. The summed E-state index contributed by atoms with van der Waals surface area (Å²) in [5.74, 6) is -1.44. The Morgan fingerprint density at radius 1 is 0.914 bits per heavy atom. The maximum atomic E-state index is 13.6. The van der Waals surface area contributed by atoms with Gasteiger partial charge >= 0.3 is 5.97 Å².